The molecule has 0 spiro atoms. The third kappa shape index (κ3) is 2.53. The van der Waals surface area contributed by atoms with E-state index in [0.717, 1.165) is 22.3 Å². The topological polar surface area (TPSA) is 33.5 Å². The summed E-state index contributed by atoms with van der Waals surface area (Å²) in [6.45, 7) is 2.52. The zero-order valence-electron chi connectivity index (χ0n) is 10.6. The average Bonchev–Trinajstić information content (AvgIpc) is 2.66. The van der Waals surface area contributed by atoms with E-state index >= 15 is 0 Å². The van der Waals surface area contributed by atoms with Gasteiger partial charge in [0.2, 0.25) is 5.91 Å². The maximum Gasteiger partial charge on any atom is 0.223 e. The van der Waals surface area contributed by atoms with Crippen LogP contribution in [-0.4, -0.2) is 23.6 Å². The van der Waals surface area contributed by atoms with Gasteiger partial charge in [0.15, 0.2) is 0 Å². The Bertz CT molecular complexity index is 562. The lowest BCUT2D eigenvalue weighted by atomic mass is 10.1. The summed E-state index contributed by atoms with van der Waals surface area (Å²) in [7, 11) is 1.81. The van der Waals surface area contributed by atoms with Crippen molar-refractivity contribution in [3.05, 3.63) is 35.6 Å². The molecule has 0 saturated heterocycles. The Kier molecular flexibility index (Phi) is 3.97. The molecule has 0 N–H and O–H groups in total. The summed E-state index contributed by atoms with van der Waals surface area (Å²) in [5.74, 6) is 1.56. The molecule has 0 atom stereocenters. The number of hydrogen-bond acceptors (Lipinski definition) is 3. The van der Waals surface area contributed by atoms with Crippen LogP contribution in [0.2, 0.25) is 0 Å². The predicted octanol–water partition coefficient (Wildman–Crippen LogP) is 3.02. The van der Waals surface area contributed by atoms with Crippen molar-refractivity contribution >= 4 is 29.5 Å². The van der Waals surface area contributed by atoms with Gasteiger partial charge in [-0.1, -0.05) is 18.2 Å². The lowest BCUT2D eigenvalue weighted by Gasteiger charge is -2.16. The van der Waals surface area contributed by atoms with Gasteiger partial charge < -0.3 is 9.32 Å². The van der Waals surface area contributed by atoms with Gasteiger partial charge in [-0.2, -0.15) is 12.6 Å². The monoisotopic (exact) mass is 263 g/mol. The van der Waals surface area contributed by atoms with Crippen LogP contribution in [0.3, 0.4) is 0 Å². The molecule has 0 fully saturated rings. The van der Waals surface area contributed by atoms with Crippen LogP contribution in [0.5, 0.6) is 0 Å². The normalized spacial score (nSPS) is 10.8. The van der Waals surface area contributed by atoms with E-state index in [1.807, 2.05) is 38.2 Å². The Labute approximate surface area is 112 Å². The smallest absolute Gasteiger partial charge is 0.223 e. The minimum Gasteiger partial charge on any atom is -0.461 e. The van der Waals surface area contributed by atoms with Crippen LogP contribution >= 0.6 is 12.6 Å². The zero-order chi connectivity index (χ0) is 13.1. The van der Waals surface area contributed by atoms with Gasteiger partial charge in [0.05, 0.1) is 0 Å². The first-order valence-electron chi connectivity index (χ1n) is 5.95. The molecule has 1 heterocycles. The number of carbonyl (C=O) groups is 1. The van der Waals surface area contributed by atoms with E-state index in [4.69, 9.17) is 4.42 Å². The molecule has 96 valence electrons. The molecule has 0 bridgehead atoms. The first kappa shape index (κ1) is 13.0. The van der Waals surface area contributed by atoms with Crippen LogP contribution in [-0.2, 0) is 11.3 Å². The van der Waals surface area contributed by atoms with Gasteiger partial charge in [0.25, 0.3) is 0 Å². The number of amides is 1. The van der Waals surface area contributed by atoms with E-state index in [1.54, 1.807) is 4.90 Å². The first-order valence-corrected chi connectivity index (χ1v) is 6.58. The number of aryl methyl sites for hydroxylation is 1. The fourth-order valence-electron chi connectivity index (χ4n) is 2.03. The molecule has 0 radical (unpaired) electrons. The molecular weight excluding hydrogens is 246 g/mol. The quantitative estimate of drug-likeness (QED) is 0.860. The fraction of sp³-hybridized carbons (Fsp3) is 0.357. The molecule has 4 heteroatoms. The Morgan fingerprint density at radius 3 is 2.83 bits per heavy atom. The van der Waals surface area contributed by atoms with Crippen LogP contribution < -0.4 is 0 Å². The molecular formula is C14H17NO2S. The SMILES string of the molecule is Cc1oc2ccccc2c1CN(C)C(=O)CCS. The molecule has 1 amide bonds. The maximum absolute atomic E-state index is 11.8. The second-order valence-corrected chi connectivity index (χ2v) is 4.80. The average molecular weight is 263 g/mol. The molecule has 0 aliphatic rings. The summed E-state index contributed by atoms with van der Waals surface area (Å²) in [6, 6.07) is 7.90. The summed E-state index contributed by atoms with van der Waals surface area (Å²) < 4.78 is 5.69. The van der Waals surface area contributed by atoms with Crippen LogP contribution in [0.1, 0.15) is 17.7 Å². The Hall–Kier alpha value is -1.42. The summed E-state index contributed by atoms with van der Waals surface area (Å²) in [5, 5.41) is 1.08. The van der Waals surface area contributed by atoms with Crippen molar-refractivity contribution in [1.29, 1.82) is 0 Å². The van der Waals surface area contributed by atoms with Crippen molar-refractivity contribution in [1.82, 2.24) is 4.90 Å². The van der Waals surface area contributed by atoms with Crippen LogP contribution in [0.4, 0.5) is 0 Å². The van der Waals surface area contributed by atoms with Crippen molar-refractivity contribution in [3.63, 3.8) is 0 Å². The van der Waals surface area contributed by atoms with E-state index in [9.17, 15) is 4.79 Å². The van der Waals surface area contributed by atoms with E-state index in [-0.39, 0.29) is 5.91 Å². The van der Waals surface area contributed by atoms with Gasteiger partial charge in [-0.3, -0.25) is 4.79 Å². The second-order valence-electron chi connectivity index (χ2n) is 4.36. The van der Waals surface area contributed by atoms with Crippen molar-refractivity contribution in [2.24, 2.45) is 0 Å². The molecule has 1 aromatic carbocycles. The maximum atomic E-state index is 11.8. The second kappa shape index (κ2) is 5.48. The number of fused-ring (bicyclic) bond motifs is 1. The molecule has 0 unspecified atom stereocenters. The lowest BCUT2D eigenvalue weighted by molar-refractivity contribution is -0.129. The van der Waals surface area contributed by atoms with Gasteiger partial charge in [-0.05, 0) is 18.7 Å². The first-order chi connectivity index (χ1) is 8.63. The molecule has 0 aliphatic heterocycles. The Balaban J connectivity index is 2.26. The van der Waals surface area contributed by atoms with Crippen molar-refractivity contribution in [2.75, 3.05) is 12.8 Å². The van der Waals surface area contributed by atoms with Gasteiger partial charge in [0.1, 0.15) is 11.3 Å². The zero-order valence-corrected chi connectivity index (χ0v) is 11.5. The van der Waals surface area contributed by atoms with E-state index in [2.05, 4.69) is 12.6 Å². The highest BCUT2D eigenvalue weighted by atomic mass is 32.1. The molecule has 0 saturated carbocycles. The summed E-state index contributed by atoms with van der Waals surface area (Å²) >= 11 is 4.08. The van der Waals surface area contributed by atoms with Crippen molar-refractivity contribution in [3.8, 4) is 0 Å². The fourth-order valence-corrected chi connectivity index (χ4v) is 2.22. The Morgan fingerprint density at radius 1 is 1.39 bits per heavy atom. The van der Waals surface area contributed by atoms with Crippen LogP contribution in [0.15, 0.2) is 28.7 Å². The summed E-state index contributed by atoms with van der Waals surface area (Å²) in [6.07, 6.45) is 0.467. The molecule has 2 aromatic rings. The van der Waals surface area contributed by atoms with E-state index < -0.39 is 0 Å². The third-order valence-corrected chi connectivity index (χ3v) is 3.27. The van der Waals surface area contributed by atoms with Gasteiger partial charge >= 0.3 is 0 Å². The van der Waals surface area contributed by atoms with Crippen molar-refractivity contribution in [2.45, 2.75) is 19.9 Å². The highest BCUT2D eigenvalue weighted by Gasteiger charge is 2.15. The van der Waals surface area contributed by atoms with Crippen LogP contribution in [0.25, 0.3) is 11.0 Å². The number of nitrogens with zero attached hydrogens (tertiary/aromatic N) is 1. The molecule has 2 rings (SSSR count). The highest BCUT2D eigenvalue weighted by molar-refractivity contribution is 7.80. The highest BCUT2D eigenvalue weighted by Crippen LogP contribution is 2.26. The number of furan rings is 1. The number of benzene rings is 1. The van der Waals surface area contributed by atoms with E-state index in [0.29, 0.717) is 18.7 Å². The number of rotatable bonds is 4. The number of hydrogen-bond donors (Lipinski definition) is 1. The van der Waals surface area contributed by atoms with Gasteiger partial charge in [-0.25, -0.2) is 0 Å². The summed E-state index contributed by atoms with van der Waals surface area (Å²) in [5.41, 5.74) is 1.96. The summed E-state index contributed by atoms with van der Waals surface area (Å²) in [4.78, 5) is 13.5. The molecule has 0 aliphatic carbocycles. The minimum atomic E-state index is 0.106. The molecule has 3 nitrogen and oxygen atoms in total. The minimum absolute atomic E-state index is 0.106. The van der Waals surface area contributed by atoms with E-state index in [1.165, 1.54) is 0 Å². The largest absolute Gasteiger partial charge is 0.461 e. The number of para-hydroxylation sites is 1. The van der Waals surface area contributed by atoms with Gasteiger partial charge in [0, 0.05) is 31.0 Å². The lowest BCUT2D eigenvalue weighted by Crippen LogP contribution is -2.26. The number of carbonyl (C=O) groups excluding carboxylic acids is 1. The third-order valence-electron chi connectivity index (χ3n) is 3.05. The predicted molar refractivity (Wildman–Crippen MR) is 75.9 cm³/mol. The van der Waals surface area contributed by atoms with Gasteiger partial charge in [-0.15, -0.1) is 0 Å². The Morgan fingerprint density at radius 2 is 2.11 bits per heavy atom. The molecule has 18 heavy (non-hydrogen) atoms. The van der Waals surface area contributed by atoms with Crippen molar-refractivity contribution < 1.29 is 9.21 Å². The molecule has 1 aromatic heterocycles. The standard InChI is InChI=1S/C14H17NO2S/c1-10-12(9-15(2)14(16)7-8-18)11-5-3-4-6-13(11)17-10/h3-6,18H,7-9H2,1-2H3. The van der Waals surface area contributed by atoms with Crippen LogP contribution in [0, 0.1) is 6.92 Å². The number of thiol groups is 1.